The van der Waals surface area contributed by atoms with Gasteiger partial charge in [-0.05, 0) is 73.2 Å². The molecular weight excluding hydrogens is 312 g/mol. The third kappa shape index (κ3) is 3.71. The summed E-state index contributed by atoms with van der Waals surface area (Å²) < 4.78 is 12.5. The Balaban J connectivity index is 2.16. The first-order chi connectivity index (χ1) is 11.3. The van der Waals surface area contributed by atoms with Crippen LogP contribution in [0, 0.1) is 11.8 Å². The van der Waals surface area contributed by atoms with Gasteiger partial charge in [-0.15, -0.1) is 0 Å². The highest BCUT2D eigenvalue weighted by molar-refractivity contribution is 6.49. The van der Waals surface area contributed by atoms with Crippen LogP contribution < -0.4 is 4.43 Å². The second-order valence-electron chi connectivity index (χ2n) is 8.64. The van der Waals surface area contributed by atoms with E-state index in [1.165, 1.54) is 36.8 Å². The van der Waals surface area contributed by atoms with E-state index in [1.807, 2.05) is 7.11 Å². The van der Waals surface area contributed by atoms with Crippen molar-refractivity contribution in [1.82, 2.24) is 0 Å². The van der Waals surface area contributed by atoms with Crippen LogP contribution in [0.15, 0.2) is 23.8 Å². The Morgan fingerprint density at radius 1 is 1.04 bits per heavy atom. The van der Waals surface area contributed by atoms with E-state index in [9.17, 15) is 0 Å². The van der Waals surface area contributed by atoms with Gasteiger partial charge in [0.15, 0.2) is 0 Å². The van der Waals surface area contributed by atoms with Crippen LogP contribution in [0.2, 0.25) is 13.1 Å². The molecule has 0 atom stereocenters. The molecule has 0 bridgehead atoms. The molecule has 2 aliphatic rings. The van der Waals surface area contributed by atoms with Crippen molar-refractivity contribution >= 4 is 14.8 Å². The second-order valence-corrected chi connectivity index (χ2v) is 11.0. The van der Waals surface area contributed by atoms with Crippen LogP contribution in [-0.4, -0.2) is 16.2 Å². The number of hydrogen-bond acceptors (Lipinski definition) is 2. The van der Waals surface area contributed by atoms with E-state index in [1.54, 1.807) is 5.57 Å². The van der Waals surface area contributed by atoms with Gasteiger partial charge in [0.1, 0.15) is 11.5 Å². The number of ether oxygens (including phenoxy) is 1. The smallest absolute Gasteiger partial charge is 0.229 e. The van der Waals surface area contributed by atoms with E-state index in [4.69, 9.17) is 9.16 Å². The van der Waals surface area contributed by atoms with Gasteiger partial charge in [-0.1, -0.05) is 32.9 Å². The van der Waals surface area contributed by atoms with Crippen molar-refractivity contribution in [3.05, 3.63) is 34.9 Å². The van der Waals surface area contributed by atoms with Crippen molar-refractivity contribution in [2.45, 2.75) is 65.0 Å². The molecule has 0 aromatic heterocycles. The molecule has 0 aliphatic heterocycles. The fraction of sp³-hybridized carbons (Fsp3) is 0.619. The van der Waals surface area contributed by atoms with Gasteiger partial charge in [0, 0.05) is 0 Å². The molecule has 24 heavy (non-hydrogen) atoms. The third-order valence-corrected chi connectivity index (χ3v) is 5.63. The van der Waals surface area contributed by atoms with Gasteiger partial charge in [0.25, 0.3) is 0 Å². The zero-order valence-electron chi connectivity index (χ0n) is 16.1. The van der Waals surface area contributed by atoms with Crippen LogP contribution in [-0.2, 0) is 10.2 Å². The summed E-state index contributed by atoms with van der Waals surface area (Å²) in [5.41, 5.74) is 4.10. The molecular formula is C21H32O2Si. The molecule has 2 fully saturated rings. The lowest BCUT2D eigenvalue weighted by atomic mass is 9.84. The summed E-state index contributed by atoms with van der Waals surface area (Å²) in [6.45, 7) is 11.3. The Kier molecular flexibility index (Phi) is 4.83. The van der Waals surface area contributed by atoms with Crippen molar-refractivity contribution in [3.8, 4) is 5.75 Å². The van der Waals surface area contributed by atoms with E-state index in [-0.39, 0.29) is 5.41 Å². The van der Waals surface area contributed by atoms with Crippen molar-refractivity contribution in [3.63, 3.8) is 0 Å². The zero-order chi connectivity index (χ0) is 17.5. The number of allylic oxidation sites excluding steroid dienone is 1. The van der Waals surface area contributed by atoms with Crippen molar-refractivity contribution < 1.29 is 9.16 Å². The molecule has 0 amide bonds. The number of hydrogen-bond donors (Lipinski definition) is 0. The van der Waals surface area contributed by atoms with Gasteiger partial charge >= 0.3 is 0 Å². The Labute approximate surface area is 149 Å². The second kappa shape index (κ2) is 6.59. The summed E-state index contributed by atoms with van der Waals surface area (Å²) in [6.07, 6.45) is 5.30. The highest BCUT2D eigenvalue weighted by Gasteiger charge is 2.40. The first-order valence-corrected chi connectivity index (χ1v) is 12.2. The van der Waals surface area contributed by atoms with Crippen LogP contribution in [0.4, 0.5) is 0 Å². The first kappa shape index (κ1) is 17.6. The lowest BCUT2D eigenvalue weighted by molar-refractivity contribution is 0.360. The first-order valence-electron chi connectivity index (χ1n) is 9.41. The maximum Gasteiger partial charge on any atom is 0.229 e. The quantitative estimate of drug-likeness (QED) is 0.499. The van der Waals surface area contributed by atoms with Gasteiger partial charge in [-0.3, -0.25) is 0 Å². The molecule has 2 aliphatic carbocycles. The minimum atomic E-state index is -1.20. The maximum absolute atomic E-state index is 6.46. The summed E-state index contributed by atoms with van der Waals surface area (Å²) in [4.78, 5) is 0. The molecule has 0 spiro atoms. The van der Waals surface area contributed by atoms with E-state index < -0.39 is 9.04 Å². The summed E-state index contributed by atoms with van der Waals surface area (Å²) in [5, 5.41) is 0. The lowest BCUT2D eigenvalue weighted by Crippen LogP contribution is -2.20. The molecule has 3 heteroatoms. The number of para-hydroxylation sites is 1. The van der Waals surface area contributed by atoms with Crippen molar-refractivity contribution in [1.29, 1.82) is 0 Å². The van der Waals surface area contributed by atoms with Gasteiger partial charge in [0.05, 0.1) is 12.7 Å². The Hall–Kier alpha value is -1.22. The highest BCUT2D eigenvalue weighted by Crippen LogP contribution is 2.53. The maximum atomic E-state index is 6.46. The summed E-state index contributed by atoms with van der Waals surface area (Å²) >= 11 is 0. The van der Waals surface area contributed by atoms with Gasteiger partial charge in [-0.2, -0.15) is 0 Å². The Bertz CT molecular complexity index is 618. The van der Waals surface area contributed by atoms with Crippen LogP contribution in [0.3, 0.4) is 0 Å². The Morgan fingerprint density at radius 2 is 1.62 bits per heavy atom. The minimum Gasteiger partial charge on any atom is -0.546 e. The van der Waals surface area contributed by atoms with Crippen molar-refractivity contribution in [2.75, 3.05) is 7.11 Å². The number of methoxy groups -OCH3 is 1. The van der Waals surface area contributed by atoms with Crippen LogP contribution in [0.1, 0.15) is 57.6 Å². The average Bonchev–Trinajstić information content (AvgIpc) is 3.36. The molecule has 2 nitrogen and oxygen atoms in total. The van der Waals surface area contributed by atoms with E-state index >= 15 is 0 Å². The molecule has 0 unspecified atom stereocenters. The van der Waals surface area contributed by atoms with E-state index in [0.717, 1.165) is 23.3 Å². The summed E-state index contributed by atoms with van der Waals surface area (Å²) in [7, 11) is 0.629. The fourth-order valence-electron chi connectivity index (χ4n) is 3.55. The molecule has 0 N–H and O–H groups in total. The van der Waals surface area contributed by atoms with Crippen LogP contribution in [0.25, 0.3) is 5.76 Å². The van der Waals surface area contributed by atoms with Crippen LogP contribution >= 0.6 is 0 Å². The van der Waals surface area contributed by atoms with Gasteiger partial charge in [0.2, 0.25) is 9.04 Å². The van der Waals surface area contributed by atoms with Gasteiger partial charge < -0.3 is 9.16 Å². The van der Waals surface area contributed by atoms with E-state index in [0.29, 0.717) is 0 Å². The topological polar surface area (TPSA) is 18.5 Å². The summed E-state index contributed by atoms with van der Waals surface area (Å²) in [6, 6.07) is 6.59. The largest absolute Gasteiger partial charge is 0.546 e. The molecule has 0 radical (unpaired) electrons. The fourth-order valence-corrected chi connectivity index (χ4v) is 4.27. The molecule has 132 valence electrons. The third-order valence-electron chi connectivity index (χ3n) is 4.92. The van der Waals surface area contributed by atoms with Gasteiger partial charge in [-0.25, -0.2) is 0 Å². The Morgan fingerprint density at radius 3 is 2.04 bits per heavy atom. The van der Waals surface area contributed by atoms with E-state index in [2.05, 4.69) is 52.1 Å². The van der Waals surface area contributed by atoms with Crippen LogP contribution in [0.5, 0.6) is 5.75 Å². The normalized spacial score (nSPS) is 17.8. The number of benzene rings is 1. The molecule has 0 saturated heterocycles. The molecule has 1 aromatic carbocycles. The molecule has 1 aromatic rings. The minimum absolute atomic E-state index is 0.0623. The SMILES string of the molecule is COC(=C(C1CC1)C1CC1)c1cccc(C(C)(C)C)c1O[SiH](C)C. The monoisotopic (exact) mass is 344 g/mol. The lowest BCUT2D eigenvalue weighted by Gasteiger charge is -2.27. The number of rotatable bonds is 6. The molecule has 3 rings (SSSR count). The highest BCUT2D eigenvalue weighted by atomic mass is 28.3. The predicted octanol–water partition coefficient (Wildman–Crippen LogP) is 5.52. The summed E-state index contributed by atoms with van der Waals surface area (Å²) in [5.74, 6) is 3.67. The standard InChI is InChI=1S/C21H32O2Si/c1-21(2,3)17-9-7-8-16(19(17)23-24(5)6)20(22-4)18(14-10-11-14)15-12-13-15/h7-9,14-15,24H,10-13H2,1-6H3. The average molecular weight is 345 g/mol. The predicted molar refractivity (Wildman–Crippen MR) is 104 cm³/mol. The molecule has 2 saturated carbocycles. The molecule has 0 heterocycles. The zero-order valence-corrected chi connectivity index (χ0v) is 17.3. The van der Waals surface area contributed by atoms with Crippen molar-refractivity contribution in [2.24, 2.45) is 11.8 Å².